The molecule has 30 heavy (non-hydrogen) atoms. The predicted molar refractivity (Wildman–Crippen MR) is 110 cm³/mol. The average molecular weight is 453 g/mol. The number of anilines is 1. The first kappa shape index (κ1) is 20.8. The van der Waals surface area contributed by atoms with Gasteiger partial charge in [0.2, 0.25) is 10.0 Å². The van der Waals surface area contributed by atoms with Gasteiger partial charge in [0.15, 0.2) is 17.2 Å². The Bertz CT molecular complexity index is 1240. The zero-order valence-corrected chi connectivity index (χ0v) is 17.5. The van der Waals surface area contributed by atoms with Gasteiger partial charge < -0.3 is 14.5 Å². The molecule has 0 bridgehead atoms. The summed E-state index contributed by atoms with van der Waals surface area (Å²) in [6, 6.07) is 8.61. The Kier molecular flexibility index (Phi) is 5.54. The Labute approximate surface area is 177 Å². The largest absolute Gasteiger partial charge is 0.448 e. The second-order valence-electron chi connectivity index (χ2n) is 6.79. The van der Waals surface area contributed by atoms with Gasteiger partial charge in [-0.05, 0) is 31.2 Å². The molecule has 0 radical (unpaired) electrons. The summed E-state index contributed by atoms with van der Waals surface area (Å²) in [5, 5.41) is 3.14. The van der Waals surface area contributed by atoms with Crippen molar-refractivity contribution < 1.29 is 26.8 Å². The second-order valence-corrected chi connectivity index (χ2v) is 9.10. The molecule has 1 aliphatic heterocycles. The van der Waals surface area contributed by atoms with E-state index < -0.39 is 21.7 Å². The molecule has 4 rings (SSSR count). The molecule has 3 aromatic rings. The predicted octanol–water partition coefficient (Wildman–Crippen LogP) is 3.81. The third-order valence-corrected chi connectivity index (χ3v) is 7.28. The van der Waals surface area contributed by atoms with Crippen molar-refractivity contribution in [3.63, 3.8) is 0 Å². The summed E-state index contributed by atoms with van der Waals surface area (Å²) in [4.78, 5) is 12.6. The maximum Gasteiger partial charge on any atom is 0.291 e. The minimum Gasteiger partial charge on any atom is -0.448 e. The molecule has 1 aliphatic rings. The number of hydrogen-bond acceptors (Lipinski definition) is 5. The lowest BCUT2D eigenvalue weighted by molar-refractivity contribution is 0.0730. The molecule has 0 saturated carbocycles. The summed E-state index contributed by atoms with van der Waals surface area (Å²) in [5.41, 5.74) is 0.695. The van der Waals surface area contributed by atoms with Gasteiger partial charge in [-0.25, -0.2) is 12.8 Å². The highest BCUT2D eigenvalue weighted by molar-refractivity contribution is 7.89. The van der Waals surface area contributed by atoms with Gasteiger partial charge in [0.25, 0.3) is 5.91 Å². The van der Waals surface area contributed by atoms with Crippen LogP contribution in [0.15, 0.2) is 45.7 Å². The standard InChI is InChI=1S/C20H18ClFN2O5S/c1-12-14-3-2-4-16(22)19(14)29-18(12)20(25)23-13-5-6-15(21)17(11-13)30(26,27)24-7-9-28-10-8-24/h2-6,11H,7-10H2,1H3,(H,23,25). The Balaban J connectivity index is 1.64. The molecule has 10 heteroatoms. The summed E-state index contributed by atoms with van der Waals surface area (Å²) in [6.07, 6.45) is 0. The minimum atomic E-state index is -3.85. The molecule has 1 N–H and O–H groups in total. The number of aryl methyl sites for hydroxylation is 1. The number of nitrogens with zero attached hydrogens (tertiary/aromatic N) is 1. The first-order valence-electron chi connectivity index (χ1n) is 9.15. The van der Waals surface area contributed by atoms with E-state index in [-0.39, 0.29) is 40.0 Å². The molecular formula is C20H18ClFN2O5S. The minimum absolute atomic E-state index is 0.00756. The molecule has 7 nitrogen and oxygen atoms in total. The van der Waals surface area contributed by atoms with Gasteiger partial charge in [-0.1, -0.05) is 23.7 Å². The Morgan fingerprint density at radius 1 is 1.20 bits per heavy atom. The van der Waals surface area contributed by atoms with E-state index in [2.05, 4.69) is 5.32 Å². The fraction of sp³-hybridized carbons (Fsp3) is 0.250. The molecule has 0 aliphatic carbocycles. The topological polar surface area (TPSA) is 88.9 Å². The fourth-order valence-corrected chi connectivity index (χ4v) is 5.23. The summed E-state index contributed by atoms with van der Waals surface area (Å²) in [5.74, 6) is -1.25. The van der Waals surface area contributed by atoms with Gasteiger partial charge in [0.1, 0.15) is 4.90 Å². The lowest BCUT2D eigenvalue weighted by atomic mass is 10.1. The van der Waals surface area contributed by atoms with Gasteiger partial charge in [-0.3, -0.25) is 4.79 Å². The monoisotopic (exact) mass is 452 g/mol. The average Bonchev–Trinajstić information content (AvgIpc) is 3.08. The van der Waals surface area contributed by atoms with E-state index in [1.165, 1.54) is 34.6 Å². The summed E-state index contributed by atoms with van der Waals surface area (Å²) < 4.78 is 51.7. The highest BCUT2D eigenvalue weighted by atomic mass is 35.5. The molecule has 0 spiro atoms. The number of morpholine rings is 1. The van der Waals surface area contributed by atoms with Crippen LogP contribution >= 0.6 is 11.6 Å². The number of nitrogens with one attached hydrogen (secondary N) is 1. The van der Waals surface area contributed by atoms with Crippen LogP contribution in [0.1, 0.15) is 16.1 Å². The highest BCUT2D eigenvalue weighted by Gasteiger charge is 2.29. The third kappa shape index (κ3) is 3.69. The van der Waals surface area contributed by atoms with E-state index in [0.717, 1.165) is 0 Å². The third-order valence-electron chi connectivity index (χ3n) is 4.90. The number of ether oxygens (including phenoxy) is 1. The number of carbonyl (C=O) groups is 1. The van der Waals surface area contributed by atoms with Crippen LogP contribution < -0.4 is 5.32 Å². The van der Waals surface area contributed by atoms with Crippen molar-refractivity contribution in [3.05, 3.63) is 58.6 Å². The molecule has 1 amide bonds. The number of fused-ring (bicyclic) bond motifs is 1. The van der Waals surface area contributed by atoms with Crippen molar-refractivity contribution in [2.75, 3.05) is 31.6 Å². The fourth-order valence-electron chi connectivity index (χ4n) is 3.32. The number of para-hydroxylation sites is 1. The van der Waals surface area contributed by atoms with Crippen molar-refractivity contribution in [3.8, 4) is 0 Å². The van der Waals surface area contributed by atoms with E-state index in [1.807, 2.05) is 0 Å². The summed E-state index contributed by atoms with van der Waals surface area (Å²) >= 11 is 6.14. The first-order chi connectivity index (χ1) is 14.3. The lowest BCUT2D eigenvalue weighted by Crippen LogP contribution is -2.40. The van der Waals surface area contributed by atoms with Crippen molar-refractivity contribution in [2.45, 2.75) is 11.8 Å². The van der Waals surface area contributed by atoms with Crippen LogP contribution in [0.2, 0.25) is 5.02 Å². The Hall–Kier alpha value is -2.46. The number of hydrogen-bond donors (Lipinski definition) is 1. The van der Waals surface area contributed by atoms with Crippen LogP contribution in [0.4, 0.5) is 10.1 Å². The van der Waals surface area contributed by atoms with E-state index in [0.29, 0.717) is 24.2 Å². The molecule has 1 aromatic heterocycles. The van der Waals surface area contributed by atoms with Gasteiger partial charge in [-0.2, -0.15) is 4.31 Å². The van der Waals surface area contributed by atoms with E-state index in [1.54, 1.807) is 13.0 Å². The number of amides is 1. The molecule has 1 fully saturated rings. The molecule has 2 heterocycles. The van der Waals surface area contributed by atoms with Gasteiger partial charge in [0.05, 0.1) is 18.2 Å². The van der Waals surface area contributed by atoms with Crippen molar-refractivity contribution >= 4 is 44.2 Å². The smallest absolute Gasteiger partial charge is 0.291 e. The van der Waals surface area contributed by atoms with Crippen LogP contribution in [0.3, 0.4) is 0 Å². The zero-order valence-electron chi connectivity index (χ0n) is 15.9. The van der Waals surface area contributed by atoms with Crippen molar-refractivity contribution in [1.29, 1.82) is 0 Å². The summed E-state index contributed by atoms with van der Waals surface area (Å²) in [6.45, 7) is 2.69. The molecule has 158 valence electrons. The maximum absolute atomic E-state index is 14.0. The number of sulfonamides is 1. The number of furan rings is 1. The van der Waals surface area contributed by atoms with Crippen LogP contribution in [0.25, 0.3) is 11.0 Å². The Morgan fingerprint density at radius 2 is 1.93 bits per heavy atom. The first-order valence-corrected chi connectivity index (χ1v) is 11.0. The van der Waals surface area contributed by atoms with Crippen LogP contribution in [0.5, 0.6) is 0 Å². The molecule has 0 atom stereocenters. The second kappa shape index (κ2) is 7.99. The van der Waals surface area contributed by atoms with Gasteiger partial charge >= 0.3 is 0 Å². The number of halogens is 2. The van der Waals surface area contributed by atoms with Crippen LogP contribution in [-0.2, 0) is 14.8 Å². The molecule has 1 saturated heterocycles. The van der Waals surface area contributed by atoms with Crippen LogP contribution in [-0.4, -0.2) is 44.9 Å². The lowest BCUT2D eigenvalue weighted by Gasteiger charge is -2.26. The van der Waals surface area contributed by atoms with E-state index >= 15 is 0 Å². The van der Waals surface area contributed by atoms with Crippen molar-refractivity contribution in [2.24, 2.45) is 0 Å². The zero-order chi connectivity index (χ0) is 21.5. The molecule has 2 aromatic carbocycles. The highest BCUT2D eigenvalue weighted by Crippen LogP contribution is 2.30. The van der Waals surface area contributed by atoms with E-state index in [4.69, 9.17) is 20.8 Å². The maximum atomic E-state index is 14.0. The number of benzene rings is 2. The van der Waals surface area contributed by atoms with Gasteiger partial charge in [0, 0.05) is 29.7 Å². The van der Waals surface area contributed by atoms with Gasteiger partial charge in [-0.15, -0.1) is 0 Å². The van der Waals surface area contributed by atoms with Crippen LogP contribution in [0, 0.1) is 12.7 Å². The normalized spacial score (nSPS) is 15.4. The van der Waals surface area contributed by atoms with E-state index in [9.17, 15) is 17.6 Å². The summed E-state index contributed by atoms with van der Waals surface area (Å²) in [7, 11) is -3.85. The Morgan fingerprint density at radius 3 is 2.63 bits per heavy atom. The molecular weight excluding hydrogens is 435 g/mol. The van der Waals surface area contributed by atoms with Crippen molar-refractivity contribution in [1.82, 2.24) is 4.31 Å². The quantitative estimate of drug-likeness (QED) is 0.650. The SMILES string of the molecule is Cc1c(C(=O)Nc2ccc(Cl)c(S(=O)(=O)N3CCOCC3)c2)oc2c(F)cccc12. The number of carbonyl (C=O) groups excluding carboxylic acids is 1. The molecule has 0 unspecified atom stereocenters. The number of rotatable bonds is 4.